The number of carbonyl (C=O) groups excluding carboxylic acids is 3. The van der Waals surface area contributed by atoms with Gasteiger partial charge in [0.15, 0.2) is 0 Å². The number of rotatable bonds is 8. The predicted molar refractivity (Wildman–Crippen MR) is 128 cm³/mol. The maximum absolute atomic E-state index is 12.2. The fraction of sp³-hybridized carbons (Fsp3) is 0.667. The lowest BCUT2D eigenvalue weighted by Gasteiger charge is -2.61. The first-order valence-corrected chi connectivity index (χ1v) is 12.1. The fourth-order valence-electron chi connectivity index (χ4n) is 6.49. The molecule has 3 rings (SSSR count). The molecule has 0 amide bonds. The van der Waals surface area contributed by atoms with Gasteiger partial charge in [-0.2, -0.15) is 0 Å². The molecule has 2 fully saturated rings. The van der Waals surface area contributed by atoms with E-state index >= 15 is 0 Å². The number of carbonyl (C=O) groups is 3. The highest BCUT2D eigenvalue weighted by molar-refractivity contribution is 5.68. The quantitative estimate of drug-likeness (QED) is 0.216. The van der Waals surface area contributed by atoms with Crippen LogP contribution in [-0.2, 0) is 38.1 Å². The summed E-state index contributed by atoms with van der Waals surface area (Å²) in [6, 6.07) is 0. The van der Waals surface area contributed by atoms with E-state index in [1.807, 2.05) is 0 Å². The molecule has 0 bridgehead atoms. The van der Waals surface area contributed by atoms with Crippen molar-refractivity contribution in [2.24, 2.45) is 22.7 Å². The molecule has 1 spiro atoms. The maximum atomic E-state index is 12.2. The molecule has 1 heterocycles. The summed E-state index contributed by atoms with van der Waals surface area (Å²) in [6.45, 7) is 16.3. The normalized spacial score (nSPS) is 37.8. The second-order valence-electron chi connectivity index (χ2n) is 10.2. The van der Waals surface area contributed by atoms with Gasteiger partial charge in [-0.05, 0) is 49.0 Å². The van der Waals surface area contributed by atoms with Crippen molar-refractivity contribution in [1.29, 1.82) is 0 Å². The van der Waals surface area contributed by atoms with Crippen molar-refractivity contribution in [1.82, 2.24) is 0 Å². The Morgan fingerprint density at radius 2 is 1.74 bits per heavy atom. The van der Waals surface area contributed by atoms with Crippen LogP contribution in [0.2, 0.25) is 0 Å². The molecule has 8 nitrogen and oxygen atoms in total. The molecule has 2 unspecified atom stereocenters. The van der Waals surface area contributed by atoms with Crippen molar-refractivity contribution in [3.05, 3.63) is 36.5 Å². The minimum Gasteiger partial charge on any atom is -0.458 e. The molecule has 1 aliphatic heterocycles. The topological polar surface area (TPSA) is 97.4 Å². The molecule has 0 N–H and O–H groups in total. The summed E-state index contributed by atoms with van der Waals surface area (Å²) in [6.07, 6.45) is 3.18. The molecule has 0 aromatic heterocycles. The van der Waals surface area contributed by atoms with E-state index in [9.17, 15) is 14.4 Å². The van der Waals surface area contributed by atoms with Crippen LogP contribution < -0.4 is 0 Å². The van der Waals surface area contributed by atoms with Gasteiger partial charge in [-0.25, -0.2) is 0 Å². The Balaban J connectivity index is 2.24. The smallest absolute Gasteiger partial charge is 0.305 e. The molecule has 2 aliphatic carbocycles. The number of ether oxygens (including phenoxy) is 5. The zero-order valence-corrected chi connectivity index (χ0v) is 21.6. The molecule has 1 saturated carbocycles. The van der Waals surface area contributed by atoms with Crippen LogP contribution in [0, 0.1) is 22.7 Å². The average Bonchev–Trinajstić information content (AvgIpc) is 3.05. The van der Waals surface area contributed by atoms with E-state index in [2.05, 4.69) is 27.0 Å². The first-order chi connectivity index (χ1) is 16.4. The molecular formula is C27H38O8. The zero-order valence-electron chi connectivity index (χ0n) is 21.6. The van der Waals surface area contributed by atoms with E-state index in [1.54, 1.807) is 19.3 Å². The van der Waals surface area contributed by atoms with Crippen molar-refractivity contribution in [3.63, 3.8) is 0 Å². The second-order valence-corrected chi connectivity index (χ2v) is 10.2. The summed E-state index contributed by atoms with van der Waals surface area (Å²) in [4.78, 5) is 36.1. The Labute approximate surface area is 207 Å². The SMILES string of the molecule is C=CC(=C)CC[C@@]1(C)[C@@H](C)CC(OC)C23C(=C[C@H](OC(C)=O)C[C@@H]21)[C@H](OC(C)=O)O[C@@H]3OC(C)=O. The van der Waals surface area contributed by atoms with Crippen molar-refractivity contribution < 1.29 is 38.1 Å². The molecule has 35 heavy (non-hydrogen) atoms. The van der Waals surface area contributed by atoms with Gasteiger partial charge in [-0.3, -0.25) is 19.1 Å². The number of esters is 3. The molecule has 0 radical (unpaired) electrons. The van der Waals surface area contributed by atoms with Gasteiger partial charge in [0.2, 0.25) is 12.6 Å². The van der Waals surface area contributed by atoms with Gasteiger partial charge < -0.3 is 18.9 Å². The largest absolute Gasteiger partial charge is 0.458 e. The lowest BCUT2D eigenvalue weighted by atomic mass is 9.45. The molecule has 194 valence electrons. The van der Waals surface area contributed by atoms with Crippen molar-refractivity contribution >= 4 is 17.9 Å². The van der Waals surface area contributed by atoms with Crippen molar-refractivity contribution in [2.75, 3.05) is 7.11 Å². The van der Waals surface area contributed by atoms with Gasteiger partial charge in [0.1, 0.15) is 6.10 Å². The van der Waals surface area contributed by atoms with Crippen LogP contribution in [-0.4, -0.2) is 49.8 Å². The van der Waals surface area contributed by atoms with Gasteiger partial charge in [0.05, 0.1) is 11.5 Å². The third-order valence-corrected chi connectivity index (χ3v) is 8.24. The van der Waals surface area contributed by atoms with E-state index in [0.29, 0.717) is 18.4 Å². The number of hydrogen-bond donors (Lipinski definition) is 0. The summed E-state index contributed by atoms with van der Waals surface area (Å²) >= 11 is 0. The third-order valence-electron chi connectivity index (χ3n) is 8.24. The minimum atomic E-state index is -1.09. The third kappa shape index (κ3) is 4.83. The minimum absolute atomic E-state index is 0.185. The lowest BCUT2D eigenvalue weighted by molar-refractivity contribution is -0.257. The highest BCUT2D eigenvalue weighted by Crippen LogP contribution is 2.67. The zero-order chi connectivity index (χ0) is 26.1. The van der Waals surface area contributed by atoms with E-state index in [-0.39, 0.29) is 23.4 Å². The van der Waals surface area contributed by atoms with Crippen molar-refractivity contribution in [3.8, 4) is 0 Å². The van der Waals surface area contributed by atoms with Crippen LogP contribution >= 0.6 is 0 Å². The Morgan fingerprint density at radius 1 is 1.11 bits per heavy atom. The highest BCUT2D eigenvalue weighted by atomic mass is 16.8. The van der Waals surface area contributed by atoms with Gasteiger partial charge in [-0.15, -0.1) is 0 Å². The lowest BCUT2D eigenvalue weighted by Crippen LogP contribution is -2.63. The summed E-state index contributed by atoms with van der Waals surface area (Å²) in [7, 11) is 1.63. The monoisotopic (exact) mass is 490 g/mol. The van der Waals surface area contributed by atoms with Gasteiger partial charge in [0, 0.05) is 33.5 Å². The molecular weight excluding hydrogens is 452 g/mol. The number of methoxy groups -OCH3 is 1. The van der Waals surface area contributed by atoms with E-state index in [4.69, 9.17) is 23.7 Å². The summed E-state index contributed by atoms with van der Waals surface area (Å²) < 4.78 is 29.2. The Kier molecular flexibility index (Phi) is 7.96. The molecule has 1 saturated heterocycles. The summed E-state index contributed by atoms with van der Waals surface area (Å²) in [5.41, 5.74) is 0.329. The van der Waals surface area contributed by atoms with Crippen LogP contribution in [0.15, 0.2) is 36.5 Å². The molecule has 8 heteroatoms. The molecule has 0 aromatic rings. The van der Waals surface area contributed by atoms with E-state index in [1.165, 1.54) is 20.8 Å². The van der Waals surface area contributed by atoms with Crippen LogP contribution in [0.25, 0.3) is 0 Å². The van der Waals surface area contributed by atoms with Crippen molar-refractivity contribution in [2.45, 2.75) is 85.1 Å². The Bertz CT molecular complexity index is 922. The average molecular weight is 491 g/mol. The summed E-state index contributed by atoms with van der Waals surface area (Å²) in [5, 5.41) is 0. The first-order valence-electron chi connectivity index (χ1n) is 12.1. The Morgan fingerprint density at radius 3 is 2.29 bits per heavy atom. The molecule has 0 aromatic carbocycles. The van der Waals surface area contributed by atoms with Crippen LogP contribution in [0.4, 0.5) is 0 Å². The summed E-state index contributed by atoms with van der Waals surface area (Å²) in [5.74, 6) is -1.43. The standard InChI is InChI=1S/C27H38O8/c1-9-15(2)10-11-26(7)16(3)12-23(31-8)27-21(13-20(14-22(26)27)32-17(4)28)24(33-18(5)29)35-25(27)34-19(6)30/h9,13,16,20,22-25H,1-2,10-12,14H2,3-8H3/t16-,20-,22+,23?,24+,25-,26-,27?/m0/s1. The van der Waals surface area contributed by atoms with Crippen LogP contribution in [0.5, 0.6) is 0 Å². The second kappa shape index (κ2) is 10.3. The predicted octanol–water partition coefficient (Wildman–Crippen LogP) is 4.24. The van der Waals surface area contributed by atoms with Gasteiger partial charge >= 0.3 is 17.9 Å². The number of allylic oxidation sites excluding steroid dienone is 2. The highest BCUT2D eigenvalue weighted by Gasteiger charge is 2.71. The Hall–Kier alpha value is -2.45. The van der Waals surface area contributed by atoms with Gasteiger partial charge in [0.25, 0.3) is 0 Å². The van der Waals surface area contributed by atoms with E-state index < -0.39 is 42.0 Å². The molecule has 3 aliphatic rings. The first kappa shape index (κ1) is 27.1. The van der Waals surface area contributed by atoms with Crippen LogP contribution in [0.3, 0.4) is 0 Å². The van der Waals surface area contributed by atoms with Gasteiger partial charge in [-0.1, -0.05) is 38.7 Å². The molecule has 8 atom stereocenters. The maximum Gasteiger partial charge on any atom is 0.305 e. The van der Waals surface area contributed by atoms with E-state index in [0.717, 1.165) is 18.4 Å². The number of hydrogen-bond acceptors (Lipinski definition) is 8. The fourth-order valence-corrected chi connectivity index (χ4v) is 6.49. The van der Waals surface area contributed by atoms with Crippen LogP contribution in [0.1, 0.15) is 60.3 Å².